The summed E-state index contributed by atoms with van der Waals surface area (Å²) in [6.07, 6.45) is 1.76. The van der Waals surface area contributed by atoms with Gasteiger partial charge < -0.3 is 14.7 Å². The second kappa shape index (κ2) is 12.8. The second-order valence-electron chi connectivity index (χ2n) is 6.31. The van der Waals surface area contributed by atoms with Crippen molar-refractivity contribution in [2.75, 3.05) is 33.0 Å². The summed E-state index contributed by atoms with van der Waals surface area (Å²) in [5.41, 5.74) is 0.533. The molecule has 1 atom stereocenters. The van der Waals surface area contributed by atoms with Crippen molar-refractivity contribution < 1.29 is 14.6 Å². The van der Waals surface area contributed by atoms with Gasteiger partial charge in [0.25, 0.3) is 0 Å². The maximum Gasteiger partial charge on any atom is 0.410 e. The van der Waals surface area contributed by atoms with E-state index in [1.54, 1.807) is 16.8 Å². The molecule has 0 saturated carbocycles. The van der Waals surface area contributed by atoms with E-state index in [0.717, 1.165) is 19.2 Å². The van der Waals surface area contributed by atoms with E-state index in [-0.39, 0.29) is 12.1 Å². The van der Waals surface area contributed by atoms with Gasteiger partial charge in [0, 0.05) is 26.7 Å². The molecule has 156 valence electrons. The first-order valence-electron chi connectivity index (χ1n) is 8.76. The zero-order chi connectivity index (χ0) is 21.2. The fourth-order valence-electron chi connectivity index (χ4n) is 2.42. The highest BCUT2D eigenvalue weighted by molar-refractivity contribution is 9.10. The molecule has 1 aliphatic heterocycles. The predicted octanol–water partition coefficient (Wildman–Crippen LogP) is 5.00. The Kier molecular flexibility index (Phi) is 12.6. The summed E-state index contributed by atoms with van der Waals surface area (Å²) in [7, 11) is 1.00. The van der Waals surface area contributed by atoms with E-state index >= 15 is 0 Å². The number of aromatic nitrogens is 1. The summed E-state index contributed by atoms with van der Waals surface area (Å²) in [4.78, 5) is 18.2. The molecule has 27 heavy (non-hydrogen) atoms. The SMILES string of the molecule is CC.CO.CSN1CCN(C(=O)OC(C)(C)C)CC1c1cc(Cl)nc(Br)c1. The van der Waals surface area contributed by atoms with Crippen LogP contribution in [0.5, 0.6) is 0 Å². The van der Waals surface area contributed by atoms with Crippen LogP contribution in [0, 0.1) is 0 Å². The molecule has 1 saturated heterocycles. The van der Waals surface area contributed by atoms with Crippen molar-refractivity contribution in [3.05, 3.63) is 27.5 Å². The highest BCUT2D eigenvalue weighted by Crippen LogP contribution is 2.32. The number of aliphatic hydroxyl groups excluding tert-OH is 1. The Morgan fingerprint density at radius 1 is 1.33 bits per heavy atom. The number of halogens is 2. The van der Waals surface area contributed by atoms with Gasteiger partial charge in [-0.25, -0.2) is 14.1 Å². The molecule has 0 radical (unpaired) electrons. The van der Waals surface area contributed by atoms with Gasteiger partial charge in [-0.3, -0.25) is 0 Å². The van der Waals surface area contributed by atoms with Crippen LogP contribution in [0.3, 0.4) is 0 Å². The highest BCUT2D eigenvalue weighted by Gasteiger charge is 2.33. The number of nitrogens with zero attached hydrogens (tertiary/aromatic N) is 3. The number of hydrogen-bond acceptors (Lipinski definition) is 6. The van der Waals surface area contributed by atoms with E-state index in [1.165, 1.54) is 0 Å². The number of aliphatic hydroxyl groups is 1. The molecular weight excluding hydrogens is 454 g/mol. The monoisotopic (exact) mass is 483 g/mol. The summed E-state index contributed by atoms with van der Waals surface area (Å²) in [5, 5.41) is 7.44. The molecule has 2 heterocycles. The van der Waals surface area contributed by atoms with Crippen molar-refractivity contribution in [3.8, 4) is 0 Å². The van der Waals surface area contributed by atoms with Crippen molar-refractivity contribution in [1.29, 1.82) is 0 Å². The molecule has 1 aromatic heterocycles. The standard InChI is InChI=1S/C15H21BrClN3O2S.C2H6.CH4O/c1-15(2,3)22-14(21)19-5-6-20(23-4)11(9-19)10-7-12(16)18-13(17)8-10;2*1-2/h7-8,11H,5-6,9H2,1-4H3;1-2H3;2H,1H3. The van der Waals surface area contributed by atoms with Gasteiger partial charge in [-0.05, 0) is 60.7 Å². The molecule has 1 fully saturated rings. The van der Waals surface area contributed by atoms with Crippen LogP contribution in [0.4, 0.5) is 4.79 Å². The molecule has 0 aromatic carbocycles. The van der Waals surface area contributed by atoms with Crippen molar-refractivity contribution in [2.45, 2.75) is 46.3 Å². The summed E-state index contributed by atoms with van der Waals surface area (Å²) in [5.74, 6) is 0. The highest BCUT2D eigenvalue weighted by atomic mass is 79.9. The maximum atomic E-state index is 12.4. The van der Waals surface area contributed by atoms with E-state index in [4.69, 9.17) is 21.4 Å². The van der Waals surface area contributed by atoms with E-state index in [9.17, 15) is 4.79 Å². The molecule has 0 aliphatic carbocycles. The number of carbonyl (C=O) groups excluding carboxylic acids is 1. The zero-order valence-electron chi connectivity index (χ0n) is 17.1. The summed E-state index contributed by atoms with van der Waals surface area (Å²) >= 11 is 11.1. The minimum Gasteiger partial charge on any atom is -0.444 e. The van der Waals surface area contributed by atoms with Gasteiger partial charge in [0.05, 0.1) is 6.04 Å². The number of piperazine rings is 1. The Bertz CT molecular complexity index is 567. The van der Waals surface area contributed by atoms with Gasteiger partial charge in [-0.15, -0.1) is 0 Å². The first-order valence-corrected chi connectivity index (χ1v) is 11.1. The van der Waals surface area contributed by atoms with E-state index in [0.29, 0.717) is 22.8 Å². The molecule has 0 spiro atoms. The number of rotatable bonds is 2. The van der Waals surface area contributed by atoms with Gasteiger partial charge in [0.15, 0.2) is 0 Å². The third-order valence-electron chi connectivity index (χ3n) is 3.39. The Labute approximate surface area is 180 Å². The fourth-order valence-corrected chi connectivity index (χ4v) is 3.91. The fraction of sp³-hybridized carbons (Fsp3) is 0.667. The largest absolute Gasteiger partial charge is 0.444 e. The number of carbonyl (C=O) groups is 1. The van der Waals surface area contributed by atoms with E-state index in [1.807, 2.05) is 53.0 Å². The van der Waals surface area contributed by atoms with Gasteiger partial charge in [0.2, 0.25) is 0 Å². The normalized spacial score (nSPS) is 17.3. The van der Waals surface area contributed by atoms with Crippen LogP contribution in [-0.4, -0.2) is 64.0 Å². The maximum absolute atomic E-state index is 12.4. The second-order valence-corrected chi connectivity index (χ2v) is 8.35. The molecule has 1 aliphatic rings. The number of amides is 1. The molecule has 9 heteroatoms. The average molecular weight is 485 g/mol. The van der Waals surface area contributed by atoms with Crippen molar-refractivity contribution >= 4 is 45.6 Å². The van der Waals surface area contributed by atoms with Crippen molar-refractivity contribution in [1.82, 2.24) is 14.2 Å². The minimum atomic E-state index is -0.494. The summed E-state index contributed by atoms with van der Waals surface area (Å²) < 4.78 is 8.43. The number of hydrogen-bond donors (Lipinski definition) is 1. The number of pyridine rings is 1. The predicted molar refractivity (Wildman–Crippen MR) is 117 cm³/mol. The Hall–Kier alpha value is -0.540. The topological polar surface area (TPSA) is 65.9 Å². The van der Waals surface area contributed by atoms with Crippen molar-refractivity contribution in [3.63, 3.8) is 0 Å². The molecule has 1 aromatic rings. The first kappa shape index (κ1) is 26.5. The van der Waals surface area contributed by atoms with Gasteiger partial charge in [-0.1, -0.05) is 37.4 Å². The smallest absolute Gasteiger partial charge is 0.410 e. The third-order valence-corrected chi connectivity index (χ3v) is 4.89. The van der Waals surface area contributed by atoms with Crippen LogP contribution in [0.15, 0.2) is 16.7 Å². The van der Waals surface area contributed by atoms with Gasteiger partial charge in [-0.2, -0.15) is 0 Å². The molecule has 2 rings (SSSR count). The summed E-state index contributed by atoms with van der Waals surface area (Å²) in [6, 6.07) is 3.83. The minimum absolute atomic E-state index is 0.0445. The Morgan fingerprint density at radius 2 is 1.93 bits per heavy atom. The van der Waals surface area contributed by atoms with Crippen LogP contribution in [0.2, 0.25) is 5.15 Å². The molecule has 1 unspecified atom stereocenters. The lowest BCUT2D eigenvalue weighted by Crippen LogP contribution is -2.49. The van der Waals surface area contributed by atoms with Crippen molar-refractivity contribution in [2.24, 2.45) is 0 Å². The summed E-state index contributed by atoms with van der Waals surface area (Å²) in [6.45, 7) is 11.6. The van der Waals surface area contributed by atoms with Crippen LogP contribution < -0.4 is 0 Å². The Morgan fingerprint density at radius 3 is 2.41 bits per heavy atom. The van der Waals surface area contributed by atoms with E-state index < -0.39 is 5.60 Å². The van der Waals surface area contributed by atoms with Crippen LogP contribution in [0.1, 0.15) is 46.2 Å². The first-order chi connectivity index (χ1) is 12.7. The molecule has 1 N–H and O–H groups in total. The van der Waals surface area contributed by atoms with Gasteiger partial charge in [0.1, 0.15) is 15.4 Å². The molecule has 0 bridgehead atoms. The average Bonchev–Trinajstić information content (AvgIpc) is 2.62. The number of ether oxygens (including phenoxy) is 1. The molecular formula is C18H31BrClN3O3S. The van der Waals surface area contributed by atoms with E-state index in [2.05, 4.69) is 25.2 Å². The van der Waals surface area contributed by atoms with Gasteiger partial charge >= 0.3 is 6.09 Å². The van der Waals surface area contributed by atoms with Crippen LogP contribution >= 0.6 is 39.5 Å². The van der Waals surface area contributed by atoms with Crippen LogP contribution in [0.25, 0.3) is 0 Å². The third kappa shape index (κ3) is 9.00. The quantitative estimate of drug-likeness (QED) is 0.470. The molecule has 6 nitrogen and oxygen atoms in total. The van der Waals surface area contributed by atoms with Crippen LogP contribution in [-0.2, 0) is 4.74 Å². The Balaban J connectivity index is 0.00000158. The lowest BCUT2D eigenvalue weighted by molar-refractivity contribution is 0.0140. The lowest BCUT2D eigenvalue weighted by Gasteiger charge is -2.40. The lowest BCUT2D eigenvalue weighted by atomic mass is 10.1. The zero-order valence-corrected chi connectivity index (χ0v) is 20.3. The molecule has 1 amide bonds.